The molecule has 2 aromatic rings. The fraction of sp³-hybridized carbons (Fsp3) is 0.400. The first-order valence-electron chi connectivity index (χ1n) is 7.17. The van der Waals surface area contributed by atoms with E-state index in [2.05, 4.69) is 10.2 Å². The van der Waals surface area contributed by atoms with Gasteiger partial charge in [-0.2, -0.15) is 15.0 Å². The molecular formula is C15H18N4O2. The van der Waals surface area contributed by atoms with Crippen molar-refractivity contribution in [3.05, 3.63) is 42.2 Å². The molecule has 1 aliphatic rings. The first kappa shape index (κ1) is 13.8. The number of para-hydroxylation sites is 1. The first-order chi connectivity index (χ1) is 10.2. The summed E-state index contributed by atoms with van der Waals surface area (Å²) in [5.74, 6) is -0.745. The van der Waals surface area contributed by atoms with Crippen LogP contribution in [0.1, 0.15) is 25.0 Å². The Morgan fingerprint density at radius 3 is 2.86 bits per heavy atom. The van der Waals surface area contributed by atoms with Gasteiger partial charge in [0.15, 0.2) is 0 Å². The van der Waals surface area contributed by atoms with Crippen molar-refractivity contribution < 1.29 is 9.90 Å². The van der Waals surface area contributed by atoms with Crippen molar-refractivity contribution in [2.24, 2.45) is 0 Å². The quantitative estimate of drug-likeness (QED) is 0.926. The van der Waals surface area contributed by atoms with Gasteiger partial charge in [-0.25, -0.2) is 0 Å². The van der Waals surface area contributed by atoms with E-state index in [1.165, 1.54) is 0 Å². The molecule has 0 bridgehead atoms. The van der Waals surface area contributed by atoms with Gasteiger partial charge in [-0.3, -0.25) is 9.69 Å². The molecule has 0 spiro atoms. The van der Waals surface area contributed by atoms with Crippen LogP contribution in [-0.2, 0) is 11.3 Å². The van der Waals surface area contributed by atoms with Crippen molar-refractivity contribution in [1.82, 2.24) is 19.9 Å². The number of hydrogen-bond donors (Lipinski definition) is 1. The lowest BCUT2D eigenvalue weighted by atomic mass is 10.0. The van der Waals surface area contributed by atoms with E-state index in [-0.39, 0.29) is 0 Å². The Labute approximate surface area is 123 Å². The highest BCUT2D eigenvalue weighted by Crippen LogP contribution is 2.19. The van der Waals surface area contributed by atoms with Crippen molar-refractivity contribution in [1.29, 1.82) is 0 Å². The summed E-state index contributed by atoms with van der Waals surface area (Å²) in [6.45, 7) is 1.33. The number of carboxylic acid groups (broad SMARTS) is 1. The normalized spacial score (nSPS) is 19.5. The molecule has 1 N–H and O–H groups in total. The van der Waals surface area contributed by atoms with E-state index in [0.29, 0.717) is 13.0 Å². The van der Waals surface area contributed by atoms with Gasteiger partial charge >= 0.3 is 5.97 Å². The number of hydrogen-bond acceptors (Lipinski definition) is 4. The number of benzene rings is 1. The molecule has 1 atom stereocenters. The van der Waals surface area contributed by atoms with Gasteiger partial charge in [-0.05, 0) is 31.5 Å². The van der Waals surface area contributed by atoms with Gasteiger partial charge in [0.1, 0.15) is 6.04 Å². The van der Waals surface area contributed by atoms with Crippen LogP contribution in [0.5, 0.6) is 0 Å². The smallest absolute Gasteiger partial charge is 0.320 e. The molecule has 1 saturated heterocycles. The maximum absolute atomic E-state index is 11.3. The lowest BCUT2D eigenvalue weighted by Gasteiger charge is -2.31. The van der Waals surface area contributed by atoms with Gasteiger partial charge in [0.2, 0.25) is 0 Å². The van der Waals surface area contributed by atoms with Crippen LogP contribution in [0.25, 0.3) is 5.69 Å². The molecule has 1 aromatic heterocycles. The van der Waals surface area contributed by atoms with Gasteiger partial charge in [-0.15, -0.1) is 0 Å². The molecule has 0 saturated carbocycles. The Bertz CT molecular complexity index is 611. The summed E-state index contributed by atoms with van der Waals surface area (Å²) < 4.78 is 0. The van der Waals surface area contributed by atoms with Crippen molar-refractivity contribution in [2.75, 3.05) is 6.54 Å². The van der Waals surface area contributed by atoms with E-state index in [9.17, 15) is 9.90 Å². The maximum atomic E-state index is 11.3. The molecular weight excluding hydrogens is 268 g/mol. The minimum atomic E-state index is -0.745. The van der Waals surface area contributed by atoms with Gasteiger partial charge in [0.05, 0.1) is 17.6 Å². The number of piperidine rings is 1. The summed E-state index contributed by atoms with van der Waals surface area (Å²) in [5.41, 5.74) is 1.70. The van der Waals surface area contributed by atoms with Crippen molar-refractivity contribution in [3.8, 4) is 5.69 Å². The molecule has 1 aliphatic heterocycles. The van der Waals surface area contributed by atoms with Gasteiger partial charge in [-0.1, -0.05) is 24.6 Å². The largest absolute Gasteiger partial charge is 0.480 e. The number of likely N-dealkylation sites (tertiary alicyclic amines) is 1. The SMILES string of the molecule is O=C(O)C1CCCCN1Cc1cnn(-c2ccccc2)n1. The third kappa shape index (κ3) is 3.11. The van der Waals surface area contributed by atoms with E-state index < -0.39 is 12.0 Å². The Morgan fingerprint density at radius 1 is 1.29 bits per heavy atom. The van der Waals surface area contributed by atoms with E-state index >= 15 is 0 Å². The van der Waals surface area contributed by atoms with E-state index in [1.54, 1.807) is 11.0 Å². The van der Waals surface area contributed by atoms with Crippen LogP contribution in [0.15, 0.2) is 36.5 Å². The average molecular weight is 286 g/mol. The lowest BCUT2D eigenvalue weighted by molar-refractivity contribution is -0.144. The minimum Gasteiger partial charge on any atom is -0.480 e. The molecule has 21 heavy (non-hydrogen) atoms. The zero-order valence-electron chi connectivity index (χ0n) is 11.7. The van der Waals surface area contributed by atoms with Crippen molar-refractivity contribution in [2.45, 2.75) is 31.8 Å². The highest BCUT2D eigenvalue weighted by atomic mass is 16.4. The molecule has 1 fully saturated rings. The van der Waals surface area contributed by atoms with Crippen LogP contribution in [0, 0.1) is 0 Å². The van der Waals surface area contributed by atoms with Crippen LogP contribution in [0.4, 0.5) is 0 Å². The second-order valence-corrected chi connectivity index (χ2v) is 5.28. The summed E-state index contributed by atoms with van der Waals surface area (Å²) in [7, 11) is 0. The third-order valence-corrected chi connectivity index (χ3v) is 3.79. The fourth-order valence-corrected chi connectivity index (χ4v) is 2.72. The zero-order chi connectivity index (χ0) is 14.7. The van der Waals surface area contributed by atoms with Crippen LogP contribution in [0.2, 0.25) is 0 Å². The van der Waals surface area contributed by atoms with E-state index in [0.717, 1.165) is 30.8 Å². The lowest BCUT2D eigenvalue weighted by Crippen LogP contribution is -2.44. The number of nitrogens with zero attached hydrogens (tertiary/aromatic N) is 4. The second kappa shape index (κ2) is 6.05. The summed E-state index contributed by atoms with van der Waals surface area (Å²) in [4.78, 5) is 14.9. The highest BCUT2D eigenvalue weighted by Gasteiger charge is 2.28. The Hall–Kier alpha value is -2.21. The number of carboxylic acids is 1. The number of aromatic nitrogens is 3. The van der Waals surface area contributed by atoms with E-state index in [4.69, 9.17) is 0 Å². The summed E-state index contributed by atoms with van der Waals surface area (Å²) in [6.07, 6.45) is 4.43. The molecule has 2 heterocycles. The predicted octanol–water partition coefficient (Wildman–Crippen LogP) is 1.71. The van der Waals surface area contributed by atoms with E-state index in [1.807, 2.05) is 35.2 Å². The molecule has 0 radical (unpaired) electrons. The van der Waals surface area contributed by atoms with Crippen molar-refractivity contribution in [3.63, 3.8) is 0 Å². The van der Waals surface area contributed by atoms with Crippen LogP contribution in [0.3, 0.4) is 0 Å². The molecule has 6 heteroatoms. The molecule has 1 aromatic carbocycles. The number of rotatable bonds is 4. The molecule has 0 amide bonds. The topological polar surface area (TPSA) is 71.2 Å². The average Bonchev–Trinajstić information content (AvgIpc) is 2.97. The first-order valence-corrected chi connectivity index (χ1v) is 7.17. The van der Waals surface area contributed by atoms with Crippen LogP contribution in [-0.4, -0.2) is 43.6 Å². The Morgan fingerprint density at radius 2 is 2.10 bits per heavy atom. The molecule has 110 valence electrons. The number of carbonyl (C=O) groups is 1. The second-order valence-electron chi connectivity index (χ2n) is 5.28. The Kier molecular flexibility index (Phi) is 3.96. The van der Waals surface area contributed by atoms with Crippen molar-refractivity contribution >= 4 is 5.97 Å². The highest BCUT2D eigenvalue weighted by molar-refractivity contribution is 5.73. The summed E-state index contributed by atoms with van der Waals surface area (Å²) >= 11 is 0. The Balaban J connectivity index is 1.73. The van der Waals surface area contributed by atoms with Gasteiger partial charge < -0.3 is 5.11 Å². The molecule has 3 rings (SSSR count). The molecule has 1 unspecified atom stereocenters. The maximum Gasteiger partial charge on any atom is 0.320 e. The van der Waals surface area contributed by atoms with Gasteiger partial charge in [0, 0.05) is 6.54 Å². The fourth-order valence-electron chi connectivity index (χ4n) is 2.72. The van der Waals surface area contributed by atoms with Gasteiger partial charge in [0.25, 0.3) is 0 Å². The number of aliphatic carboxylic acids is 1. The van der Waals surface area contributed by atoms with Crippen LogP contribution < -0.4 is 0 Å². The zero-order valence-corrected chi connectivity index (χ0v) is 11.7. The summed E-state index contributed by atoms with van der Waals surface area (Å²) in [5, 5.41) is 18.0. The third-order valence-electron chi connectivity index (χ3n) is 3.79. The molecule has 0 aliphatic carbocycles. The minimum absolute atomic E-state index is 0.402. The summed E-state index contributed by atoms with van der Waals surface area (Å²) in [6, 6.07) is 9.28. The predicted molar refractivity (Wildman–Crippen MR) is 77.0 cm³/mol. The molecule has 6 nitrogen and oxygen atoms in total. The monoisotopic (exact) mass is 286 g/mol. The van der Waals surface area contributed by atoms with Crippen LogP contribution >= 0.6 is 0 Å². The standard InChI is InChI=1S/C15H18N4O2/c20-15(21)14-8-4-5-9-18(14)11-12-10-16-19(17-12)13-6-2-1-3-7-13/h1-3,6-7,10,14H,4-5,8-9,11H2,(H,20,21).